The molecule has 6 heteroatoms. The third kappa shape index (κ3) is 67.7. The predicted molar refractivity (Wildman–Crippen MR) is 361 cm³/mol. The lowest BCUT2D eigenvalue weighted by Gasteiger charge is -2.22. The first-order valence-electron chi connectivity index (χ1n) is 37.9. The molecule has 0 aliphatic heterocycles. The van der Waals surface area contributed by atoms with Gasteiger partial charge in [0, 0.05) is 12.8 Å². The van der Waals surface area contributed by atoms with E-state index in [4.69, 9.17) is 4.74 Å². The monoisotopic (exact) mass is 1160 g/mol. The van der Waals surface area contributed by atoms with Gasteiger partial charge in [-0.25, -0.2) is 0 Å². The summed E-state index contributed by atoms with van der Waals surface area (Å²) in [5, 5.41) is 23.5. The number of nitrogens with one attached hydrogen (secondary N) is 1. The van der Waals surface area contributed by atoms with Crippen molar-refractivity contribution in [1.29, 1.82) is 0 Å². The van der Waals surface area contributed by atoms with Crippen molar-refractivity contribution in [2.45, 2.75) is 450 Å². The van der Waals surface area contributed by atoms with Crippen molar-refractivity contribution in [1.82, 2.24) is 5.32 Å². The molecule has 0 aromatic carbocycles. The van der Waals surface area contributed by atoms with E-state index in [0.29, 0.717) is 25.9 Å². The number of hydrogen-bond donors (Lipinski definition) is 3. The van der Waals surface area contributed by atoms with Gasteiger partial charge in [-0.2, -0.15) is 0 Å². The average molecular weight is 1160 g/mol. The molecule has 0 aromatic rings. The standard InChI is InChI=1S/C76H149NO5/c1-3-5-7-9-11-13-15-17-18-19-20-21-22-27-30-33-36-39-42-45-48-52-56-60-64-68-74(79)73(72-78)77-75(80)69-65-61-57-53-49-46-43-40-37-34-31-28-25-23-24-26-29-32-35-38-41-44-47-51-55-59-63-67-71-82-76(81)70-66-62-58-54-50-16-14-12-10-8-6-4-2/h12,14,73-74,78-79H,3-11,13,15-72H2,1-2H3,(H,77,80)/b14-12-. The molecule has 2 unspecified atom stereocenters. The summed E-state index contributed by atoms with van der Waals surface area (Å²) in [6, 6.07) is -0.540. The maximum Gasteiger partial charge on any atom is 0.305 e. The van der Waals surface area contributed by atoms with Gasteiger partial charge in [0.25, 0.3) is 0 Å². The fraction of sp³-hybridized carbons (Fsp3) is 0.947. The van der Waals surface area contributed by atoms with Gasteiger partial charge in [0.05, 0.1) is 25.4 Å². The molecule has 0 rings (SSSR count). The number of carbonyl (C=O) groups excluding carboxylic acids is 2. The largest absolute Gasteiger partial charge is 0.466 e. The van der Waals surface area contributed by atoms with E-state index in [0.717, 1.165) is 44.9 Å². The van der Waals surface area contributed by atoms with E-state index in [1.807, 2.05) is 0 Å². The summed E-state index contributed by atoms with van der Waals surface area (Å²) in [4.78, 5) is 24.6. The normalized spacial score (nSPS) is 12.5. The van der Waals surface area contributed by atoms with Gasteiger partial charge in [-0.3, -0.25) is 9.59 Å². The molecule has 0 spiro atoms. The number of unbranched alkanes of at least 4 members (excludes halogenated alkanes) is 59. The van der Waals surface area contributed by atoms with Crippen molar-refractivity contribution in [3.63, 3.8) is 0 Å². The Morgan fingerprint density at radius 1 is 0.329 bits per heavy atom. The van der Waals surface area contributed by atoms with Crippen LogP contribution in [0.4, 0.5) is 0 Å². The number of hydrogen-bond acceptors (Lipinski definition) is 5. The van der Waals surface area contributed by atoms with Crippen LogP contribution < -0.4 is 5.32 Å². The predicted octanol–water partition coefficient (Wildman–Crippen LogP) is 24.7. The van der Waals surface area contributed by atoms with Gasteiger partial charge in [-0.05, 0) is 51.4 Å². The van der Waals surface area contributed by atoms with Gasteiger partial charge in [-0.15, -0.1) is 0 Å². The Morgan fingerprint density at radius 2 is 0.573 bits per heavy atom. The highest BCUT2D eigenvalue weighted by Gasteiger charge is 2.20. The Kier molecular flexibility index (Phi) is 70.8. The molecule has 0 fully saturated rings. The van der Waals surface area contributed by atoms with Gasteiger partial charge in [0.2, 0.25) is 5.91 Å². The number of rotatable bonds is 72. The summed E-state index contributed by atoms with van der Waals surface area (Å²) >= 11 is 0. The van der Waals surface area contributed by atoms with Crippen LogP contribution in [0.1, 0.15) is 438 Å². The fourth-order valence-corrected chi connectivity index (χ4v) is 12.3. The van der Waals surface area contributed by atoms with Crippen molar-refractivity contribution in [3.05, 3.63) is 12.2 Å². The first kappa shape index (κ1) is 80.6. The number of aliphatic hydroxyl groups excluding tert-OH is 2. The Bertz CT molecular complexity index is 1240. The number of aliphatic hydroxyl groups is 2. The lowest BCUT2D eigenvalue weighted by Crippen LogP contribution is -2.45. The molecular weight excluding hydrogens is 1010 g/mol. The van der Waals surface area contributed by atoms with Crippen LogP contribution in [0.2, 0.25) is 0 Å². The summed E-state index contributed by atoms with van der Waals surface area (Å²) in [7, 11) is 0. The van der Waals surface area contributed by atoms with E-state index in [1.165, 1.54) is 360 Å². The van der Waals surface area contributed by atoms with Crippen LogP contribution in [-0.4, -0.2) is 47.4 Å². The summed E-state index contributed by atoms with van der Waals surface area (Å²) < 4.78 is 5.48. The molecule has 0 radical (unpaired) electrons. The first-order chi connectivity index (χ1) is 40.5. The molecule has 0 aliphatic carbocycles. The van der Waals surface area contributed by atoms with Gasteiger partial charge in [-0.1, -0.05) is 386 Å². The van der Waals surface area contributed by atoms with Crippen molar-refractivity contribution in [2.24, 2.45) is 0 Å². The van der Waals surface area contributed by atoms with Gasteiger partial charge < -0.3 is 20.3 Å². The number of ether oxygens (including phenoxy) is 1. The second kappa shape index (κ2) is 72.1. The maximum absolute atomic E-state index is 12.6. The second-order valence-electron chi connectivity index (χ2n) is 26.3. The van der Waals surface area contributed by atoms with Crippen LogP contribution >= 0.6 is 0 Å². The number of amides is 1. The Labute approximate surface area is 514 Å². The van der Waals surface area contributed by atoms with Crippen molar-refractivity contribution in [2.75, 3.05) is 13.2 Å². The highest BCUT2D eigenvalue weighted by molar-refractivity contribution is 5.76. The van der Waals surface area contributed by atoms with E-state index in [-0.39, 0.29) is 18.5 Å². The molecule has 0 heterocycles. The molecular formula is C76H149NO5. The molecule has 0 bridgehead atoms. The highest BCUT2D eigenvalue weighted by atomic mass is 16.5. The molecule has 488 valence electrons. The Morgan fingerprint density at radius 3 is 0.890 bits per heavy atom. The Balaban J connectivity index is 3.35. The lowest BCUT2D eigenvalue weighted by molar-refractivity contribution is -0.143. The SMILES string of the molecule is CCCCC/C=C\CCCCCCCC(=O)OCCCCCCCCCCCCCCCCCCCCCCCCCCCCCCC(=O)NC(CO)C(O)CCCCCCCCCCCCCCCCCCCCCCCCCCC. The maximum atomic E-state index is 12.6. The zero-order valence-corrected chi connectivity index (χ0v) is 56.0. The minimum atomic E-state index is -0.663. The van der Waals surface area contributed by atoms with E-state index < -0.39 is 12.1 Å². The van der Waals surface area contributed by atoms with E-state index in [9.17, 15) is 19.8 Å². The molecule has 0 saturated carbocycles. The molecule has 0 aliphatic rings. The molecule has 2 atom stereocenters. The highest BCUT2D eigenvalue weighted by Crippen LogP contribution is 2.20. The Hall–Kier alpha value is -1.40. The molecule has 0 saturated heterocycles. The minimum Gasteiger partial charge on any atom is -0.466 e. The van der Waals surface area contributed by atoms with Crippen LogP contribution in [0.3, 0.4) is 0 Å². The number of allylic oxidation sites excluding steroid dienone is 2. The van der Waals surface area contributed by atoms with E-state index in [1.54, 1.807) is 0 Å². The number of carbonyl (C=O) groups is 2. The smallest absolute Gasteiger partial charge is 0.305 e. The van der Waals surface area contributed by atoms with Crippen LogP contribution in [0.25, 0.3) is 0 Å². The van der Waals surface area contributed by atoms with Gasteiger partial charge >= 0.3 is 5.97 Å². The topological polar surface area (TPSA) is 95.9 Å². The summed E-state index contributed by atoms with van der Waals surface area (Å²) in [5.74, 6) is -0.0160. The van der Waals surface area contributed by atoms with Crippen LogP contribution in [-0.2, 0) is 14.3 Å². The molecule has 82 heavy (non-hydrogen) atoms. The van der Waals surface area contributed by atoms with E-state index >= 15 is 0 Å². The first-order valence-corrected chi connectivity index (χ1v) is 37.9. The summed E-state index contributed by atoms with van der Waals surface area (Å²) in [6.07, 6.45) is 90.0. The van der Waals surface area contributed by atoms with Gasteiger partial charge in [0.1, 0.15) is 0 Å². The number of esters is 1. The van der Waals surface area contributed by atoms with Gasteiger partial charge in [0.15, 0.2) is 0 Å². The zero-order valence-electron chi connectivity index (χ0n) is 56.0. The quantitative estimate of drug-likeness (QED) is 0.0320. The van der Waals surface area contributed by atoms with Crippen molar-refractivity contribution >= 4 is 11.9 Å². The van der Waals surface area contributed by atoms with Crippen LogP contribution in [0, 0.1) is 0 Å². The minimum absolute atomic E-state index is 0.00985. The van der Waals surface area contributed by atoms with Crippen molar-refractivity contribution < 1.29 is 24.5 Å². The third-order valence-corrected chi connectivity index (χ3v) is 18.1. The average Bonchev–Trinajstić information content (AvgIpc) is 3.48. The van der Waals surface area contributed by atoms with E-state index in [2.05, 4.69) is 31.3 Å². The van der Waals surface area contributed by atoms with Crippen molar-refractivity contribution in [3.8, 4) is 0 Å². The summed E-state index contributed by atoms with van der Waals surface area (Å²) in [6.45, 7) is 4.98. The van der Waals surface area contributed by atoms with Crippen LogP contribution in [0.15, 0.2) is 12.2 Å². The molecule has 0 aromatic heterocycles. The third-order valence-electron chi connectivity index (χ3n) is 18.1. The molecule has 6 nitrogen and oxygen atoms in total. The molecule has 3 N–H and O–H groups in total. The summed E-state index contributed by atoms with van der Waals surface area (Å²) in [5.41, 5.74) is 0. The lowest BCUT2D eigenvalue weighted by atomic mass is 10.0. The zero-order chi connectivity index (χ0) is 59.2. The second-order valence-corrected chi connectivity index (χ2v) is 26.3. The molecule has 1 amide bonds. The fourth-order valence-electron chi connectivity index (χ4n) is 12.3. The van der Waals surface area contributed by atoms with Crippen LogP contribution in [0.5, 0.6) is 0 Å².